The molecule has 0 fully saturated rings. The number of aliphatic carboxylic acids is 1. The fourth-order valence-corrected chi connectivity index (χ4v) is 2.97. The Balaban J connectivity index is 1.70. The number of carbonyl (C=O) groups excluding carboxylic acids is 1. The Hall–Kier alpha value is -1.49. The Bertz CT molecular complexity index is 502. The number of hydrogen-bond acceptors (Lipinski definition) is 3. The summed E-state index contributed by atoms with van der Waals surface area (Å²) in [7, 11) is 0. The van der Waals surface area contributed by atoms with Crippen LogP contribution in [0.1, 0.15) is 23.1 Å². The number of carbonyl (C=O) groups is 2. The minimum absolute atomic E-state index is 0.00104. The van der Waals surface area contributed by atoms with Crippen LogP contribution in [-0.4, -0.2) is 35.0 Å². The minimum atomic E-state index is -0.820. The molecule has 0 heterocycles. The topological polar surface area (TPSA) is 66.4 Å². The number of carboxylic acids is 1. The fourth-order valence-electron chi connectivity index (χ4n) is 2.41. The smallest absolute Gasteiger partial charge is 0.313 e. The summed E-state index contributed by atoms with van der Waals surface area (Å²) >= 11 is 1.31. The average molecular weight is 293 g/mol. The van der Waals surface area contributed by atoms with Crippen molar-refractivity contribution in [3.8, 4) is 0 Å². The maximum absolute atomic E-state index is 11.8. The minimum Gasteiger partial charge on any atom is -0.481 e. The SMILES string of the molecule is O=C(O)CSCCNC(=O)Cc1ccc2c(c1)CCC2. The van der Waals surface area contributed by atoms with Gasteiger partial charge in [0, 0.05) is 12.3 Å². The number of fused-ring (bicyclic) bond motifs is 1. The molecule has 2 N–H and O–H groups in total. The van der Waals surface area contributed by atoms with Gasteiger partial charge in [-0.25, -0.2) is 0 Å². The summed E-state index contributed by atoms with van der Waals surface area (Å²) in [5, 5.41) is 11.3. The van der Waals surface area contributed by atoms with Crippen LogP contribution in [-0.2, 0) is 28.9 Å². The Labute approximate surface area is 123 Å². The number of thioether (sulfide) groups is 1. The average Bonchev–Trinajstić information content (AvgIpc) is 2.85. The van der Waals surface area contributed by atoms with Crippen LogP contribution in [0.25, 0.3) is 0 Å². The second kappa shape index (κ2) is 7.33. The molecule has 1 aromatic rings. The van der Waals surface area contributed by atoms with Gasteiger partial charge in [-0.05, 0) is 36.0 Å². The summed E-state index contributed by atoms with van der Waals surface area (Å²) < 4.78 is 0. The first-order valence-corrected chi connectivity index (χ1v) is 7.97. The van der Waals surface area contributed by atoms with Crippen LogP contribution in [0.15, 0.2) is 18.2 Å². The highest BCUT2D eigenvalue weighted by molar-refractivity contribution is 7.99. The molecule has 1 aliphatic carbocycles. The van der Waals surface area contributed by atoms with E-state index >= 15 is 0 Å². The molecule has 2 rings (SSSR count). The zero-order valence-electron chi connectivity index (χ0n) is 11.4. The van der Waals surface area contributed by atoms with Crippen molar-refractivity contribution in [2.24, 2.45) is 0 Å². The van der Waals surface area contributed by atoms with Crippen molar-refractivity contribution in [3.05, 3.63) is 34.9 Å². The van der Waals surface area contributed by atoms with Gasteiger partial charge in [0.15, 0.2) is 0 Å². The quantitative estimate of drug-likeness (QED) is 0.750. The van der Waals surface area contributed by atoms with Crippen LogP contribution in [0.2, 0.25) is 0 Å². The third-order valence-corrected chi connectivity index (χ3v) is 4.27. The lowest BCUT2D eigenvalue weighted by Gasteiger charge is -2.06. The molecular formula is C15H19NO3S. The van der Waals surface area contributed by atoms with Crippen molar-refractivity contribution in [1.82, 2.24) is 5.32 Å². The normalized spacial score (nSPS) is 13.0. The number of rotatable bonds is 7. The van der Waals surface area contributed by atoms with Crippen LogP contribution >= 0.6 is 11.8 Å². The van der Waals surface area contributed by atoms with Gasteiger partial charge in [-0.3, -0.25) is 9.59 Å². The van der Waals surface area contributed by atoms with Gasteiger partial charge >= 0.3 is 5.97 Å². The third-order valence-electron chi connectivity index (χ3n) is 3.32. The maximum Gasteiger partial charge on any atom is 0.313 e. The molecule has 5 heteroatoms. The van der Waals surface area contributed by atoms with Crippen LogP contribution in [0.3, 0.4) is 0 Å². The third kappa shape index (κ3) is 4.56. The predicted molar refractivity (Wildman–Crippen MR) is 80.1 cm³/mol. The molecule has 1 amide bonds. The number of hydrogen-bond donors (Lipinski definition) is 2. The Morgan fingerprint density at radius 2 is 2.05 bits per heavy atom. The van der Waals surface area contributed by atoms with Crippen LogP contribution in [0.5, 0.6) is 0 Å². The molecule has 0 saturated heterocycles. The van der Waals surface area contributed by atoms with Gasteiger partial charge in [0.2, 0.25) is 5.91 Å². The number of carboxylic acid groups (broad SMARTS) is 1. The van der Waals surface area contributed by atoms with Crippen molar-refractivity contribution in [2.75, 3.05) is 18.1 Å². The van der Waals surface area contributed by atoms with E-state index in [1.807, 2.05) is 6.07 Å². The van der Waals surface area contributed by atoms with E-state index in [0.29, 0.717) is 18.7 Å². The van der Waals surface area contributed by atoms with Crippen LogP contribution in [0, 0.1) is 0 Å². The van der Waals surface area contributed by atoms with E-state index in [4.69, 9.17) is 5.11 Å². The first kappa shape index (κ1) is 14.9. The summed E-state index contributed by atoms with van der Waals surface area (Å²) in [5.74, 6) is -0.110. The molecule has 1 aliphatic rings. The fraction of sp³-hybridized carbons (Fsp3) is 0.467. The molecule has 0 bridgehead atoms. The first-order chi connectivity index (χ1) is 9.65. The van der Waals surface area contributed by atoms with Gasteiger partial charge in [-0.2, -0.15) is 0 Å². The van der Waals surface area contributed by atoms with E-state index in [9.17, 15) is 9.59 Å². The second-order valence-electron chi connectivity index (χ2n) is 4.93. The van der Waals surface area contributed by atoms with E-state index in [1.54, 1.807) is 0 Å². The lowest BCUT2D eigenvalue weighted by atomic mass is 10.0. The summed E-state index contributed by atoms with van der Waals surface area (Å²) in [6, 6.07) is 6.30. The lowest BCUT2D eigenvalue weighted by Crippen LogP contribution is -2.27. The van der Waals surface area contributed by atoms with E-state index in [1.165, 1.54) is 29.3 Å². The Kier molecular flexibility index (Phi) is 5.47. The van der Waals surface area contributed by atoms with Gasteiger partial charge in [-0.15, -0.1) is 11.8 Å². The molecule has 0 radical (unpaired) electrons. The van der Waals surface area contributed by atoms with Crippen molar-refractivity contribution in [1.29, 1.82) is 0 Å². The van der Waals surface area contributed by atoms with Crippen molar-refractivity contribution in [2.45, 2.75) is 25.7 Å². The summed E-state index contributed by atoms with van der Waals surface area (Å²) in [6.07, 6.45) is 3.89. The van der Waals surface area contributed by atoms with E-state index in [0.717, 1.165) is 18.4 Å². The molecule has 1 aromatic carbocycles. The molecule has 4 nitrogen and oxygen atoms in total. The van der Waals surface area contributed by atoms with Gasteiger partial charge in [-0.1, -0.05) is 18.2 Å². The zero-order chi connectivity index (χ0) is 14.4. The van der Waals surface area contributed by atoms with Crippen molar-refractivity contribution in [3.63, 3.8) is 0 Å². The van der Waals surface area contributed by atoms with Gasteiger partial charge in [0.05, 0.1) is 12.2 Å². The maximum atomic E-state index is 11.8. The number of aryl methyl sites for hydroxylation is 2. The van der Waals surface area contributed by atoms with E-state index in [2.05, 4.69) is 17.4 Å². The lowest BCUT2D eigenvalue weighted by molar-refractivity contribution is -0.133. The standard InChI is InChI=1S/C15H19NO3S/c17-14(16-6-7-20-10-15(18)19)9-11-4-5-12-2-1-3-13(12)8-11/h4-5,8H,1-3,6-7,9-10H2,(H,16,17)(H,18,19). The summed E-state index contributed by atoms with van der Waals surface area (Å²) in [5.41, 5.74) is 3.85. The molecule has 0 saturated carbocycles. The van der Waals surface area contributed by atoms with Crippen LogP contribution in [0.4, 0.5) is 0 Å². The van der Waals surface area contributed by atoms with Gasteiger partial charge in [0.25, 0.3) is 0 Å². The molecule has 0 spiro atoms. The molecular weight excluding hydrogens is 274 g/mol. The molecule has 0 aliphatic heterocycles. The highest BCUT2D eigenvalue weighted by Gasteiger charge is 2.12. The van der Waals surface area contributed by atoms with Crippen molar-refractivity contribution < 1.29 is 14.7 Å². The van der Waals surface area contributed by atoms with E-state index in [-0.39, 0.29) is 11.7 Å². The summed E-state index contributed by atoms with van der Waals surface area (Å²) in [6.45, 7) is 0.516. The van der Waals surface area contributed by atoms with Crippen LogP contribution < -0.4 is 5.32 Å². The first-order valence-electron chi connectivity index (χ1n) is 6.82. The number of nitrogens with one attached hydrogen (secondary N) is 1. The van der Waals surface area contributed by atoms with Gasteiger partial charge in [0.1, 0.15) is 0 Å². The molecule has 20 heavy (non-hydrogen) atoms. The highest BCUT2D eigenvalue weighted by atomic mass is 32.2. The Morgan fingerprint density at radius 3 is 2.85 bits per heavy atom. The summed E-state index contributed by atoms with van der Waals surface area (Å²) in [4.78, 5) is 22.1. The molecule has 108 valence electrons. The molecule has 0 aromatic heterocycles. The molecule has 0 unspecified atom stereocenters. The van der Waals surface area contributed by atoms with Gasteiger partial charge < -0.3 is 10.4 Å². The Morgan fingerprint density at radius 1 is 1.25 bits per heavy atom. The highest BCUT2D eigenvalue weighted by Crippen LogP contribution is 2.22. The monoisotopic (exact) mass is 293 g/mol. The predicted octanol–water partition coefficient (Wildman–Crippen LogP) is 1.65. The zero-order valence-corrected chi connectivity index (χ0v) is 12.2. The number of benzene rings is 1. The largest absolute Gasteiger partial charge is 0.481 e. The van der Waals surface area contributed by atoms with Crippen molar-refractivity contribution >= 4 is 23.6 Å². The molecule has 0 atom stereocenters. The second-order valence-corrected chi connectivity index (χ2v) is 6.03. The number of amides is 1. The van der Waals surface area contributed by atoms with E-state index < -0.39 is 5.97 Å².